The van der Waals surface area contributed by atoms with Crippen molar-refractivity contribution in [3.05, 3.63) is 36.0 Å². The van der Waals surface area contributed by atoms with Crippen molar-refractivity contribution in [2.24, 2.45) is 41.4 Å². The van der Waals surface area contributed by atoms with Gasteiger partial charge in [-0.25, -0.2) is 0 Å². The summed E-state index contributed by atoms with van der Waals surface area (Å²) >= 11 is 0. The lowest BCUT2D eigenvalue weighted by Gasteiger charge is -2.39. The van der Waals surface area contributed by atoms with E-state index >= 15 is 9.59 Å². The summed E-state index contributed by atoms with van der Waals surface area (Å²) in [7, 11) is 11.5. The lowest BCUT2D eigenvalue weighted by Crippen LogP contribution is -2.62. The fraction of sp³-hybridized carbons (Fsp3) is 0.706. The number of hydrogen-bond acceptors (Lipinski definition) is 12. The van der Waals surface area contributed by atoms with E-state index in [-0.39, 0.29) is 12.8 Å². The van der Waals surface area contributed by atoms with Gasteiger partial charge in [-0.3, -0.25) is 57.5 Å². The molecule has 0 spiro atoms. The van der Waals surface area contributed by atoms with E-state index < -0.39 is 186 Å². The van der Waals surface area contributed by atoms with Gasteiger partial charge in [0.1, 0.15) is 54.4 Å². The number of likely N-dealkylation sites (N-methyl/N-ethyl adjacent to an activating group) is 8. The quantitative estimate of drug-likeness (QED) is 0.181. The van der Waals surface area contributed by atoms with Crippen molar-refractivity contribution in [3.8, 4) is 0 Å². The Morgan fingerprint density at radius 1 is 0.441 bits per heavy atom. The second-order valence-corrected chi connectivity index (χ2v) is 27.2. The largest absolute Gasteiger partial charge is 0.361 e. The van der Waals surface area contributed by atoms with E-state index in [2.05, 4.69) is 26.3 Å². The summed E-state index contributed by atoms with van der Waals surface area (Å²) in [6.07, 6.45) is 3.56. The molecular weight excluding hydrogens is 1190 g/mol. The molecule has 12 amide bonds. The number of nitrogens with zero attached hydrogens (tertiary/aromatic N) is 8. The molecule has 1 aromatic carbocycles. The Balaban J connectivity index is 2.29. The van der Waals surface area contributed by atoms with Crippen LogP contribution in [0.2, 0.25) is 0 Å². The molecular formula is C68H113N13O12. The van der Waals surface area contributed by atoms with Gasteiger partial charge in [-0.2, -0.15) is 0 Å². The molecule has 25 heteroatoms. The van der Waals surface area contributed by atoms with Gasteiger partial charge in [-0.15, -0.1) is 0 Å². The van der Waals surface area contributed by atoms with Gasteiger partial charge >= 0.3 is 0 Å². The molecule has 0 saturated carbocycles. The third-order valence-electron chi connectivity index (χ3n) is 18.8. The van der Waals surface area contributed by atoms with Crippen LogP contribution in [0.3, 0.4) is 0 Å². The molecule has 1 fully saturated rings. The van der Waals surface area contributed by atoms with Crippen molar-refractivity contribution >= 4 is 81.8 Å². The van der Waals surface area contributed by atoms with Gasteiger partial charge in [0.25, 0.3) is 0 Å². The Morgan fingerprint density at radius 2 is 0.892 bits per heavy atom. The van der Waals surface area contributed by atoms with Crippen LogP contribution in [0.4, 0.5) is 0 Å². The number of carbonyl (C=O) groups is 12. The number of hydrogen-bond donors (Lipinski definition) is 5. The minimum atomic E-state index is -1.31. The lowest BCUT2D eigenvalue weighted by atomic mass is 9.94. The second-order valence-electron chi connectivity index (χ2n) is 27.2. The minimum absolute atomic E-state index is 0.0508. The zero-order valence-electron chi connectivity index (χ0n) is 60.0. The van der Waals surface area contributed by atoms with E-state index in [1.165, 1.54) is 95.6 Å². The highest BCUT2D eigenvalue weighted by atomic mass is 16.2. The van der Waals surface area contributed by atoms with Crippen molar-refractivity contribution < 1.29 is 57.5 Å². The number of nitrogens with one attached hydrogen (secondary N) is 5. The monoisotopic (exact) mass is 1300 g/mol. The summed E-state index contributed by atoms with van der Waals surface area (Å²) in [6, 6.07) is -3.18. The molecule has 25 nitrogen and oxygen atoms in total. The molecule has 1 saturated heterocycles. The van der Waals surface area contributed by atoms with E-state index in [1.54, 1.807) is 82.4 Å². The number of rotatable bonds is 14. The van der Waals surface area contributed by atoms with Gasteiger partial charge in [-0.1, -0.05) is 148 Å². The molecule has 3 rings (SSSR count). The number of carbonyl (C=O) groups excluding carboxylic acids is 12. The molecule has 1 aliphatic heterocycles. The zero-order valence-corrected chi connectivity index (χ0v) is 60.0. The molecule has 93 heavy (non-hydrogen) atoms. The SMILES string of the molecule is CCC[C@H]1C(=O)N(C)[C@@H](C(C)C)C(=O)NCC(=O)N(C)[C@@H](C(C)C)C(=O)N(C)[C@@H](C(C)CC)C(=O)N(C)CC(=O)N[C@@H](C(C)C)C(=O)N(C)[C@@H](C(C)CC)C(=O)N(C)CC(=O)N[C@@H](Cc2c[nH]c3ccccc23)C(=O)N(C)[C@@H](C(C)C)C(=O)N[C@@H](C(C)CC)C(=O)N1C. The molecule has 522 valence electrons. The molecule has 0 radical (unpaired) electrons. The number of amides is 12. The molecule has 3 unspecified atom stereocenters. The Bertz CT molecular complexity index is 2950. The molecule has 1 aliphatic rings. The summed E-state index contributed by atoms with van der Waals surface area (Å²) in [5.41, 5.74) is 1.44. The van der Waals surface area contributed by atoms with E-state index in [0.717, 1.165) is 10.9 Å². The zero-order chi connectivity index (χ0) is 71.0. The second kappa shape index (κ2) is 35.6. The van der Waals surface area contributed by atoms with E-state index in [1.807, 2.05) is 52.0 Å². The molecule has 5 N–H and O–H groups in total. The average molecular weight is 1300 g/mol. The van der Waals surface area contributed by atoms with Crippen LogP contribution in [0, 0.1) is 41.4 Å². The van der Waals surface area contributed by atoms with Crippen molar-refractivity contribution in [2.45, 2.75) is 197 Å². The maximum Gasteiger partial charge on any atom is 0.246 e. The number of benzene rings is 1. The number of aromatic amines is 1. The van der Waals surface area contributed by atoms with Crippen LogP contribution in [0.5, 0.6) is 0 Å². The van der Waals surface area contributed by atoms with Gasteiger partial charge < -0.3 is 65.5 Å². The minimum Gasteiger partial charge on any atom is -0.361 e. The normalized spacial score (nSPS) is 25.4. The van der Waals surface area contributed by atoms with Crippen LogP contribution in [0.1, 0.15) is 142 Å². The first-order valence-electron chi connectivity index (χ1n) is 33.2. The van der Waals surface area contributed by atoms with E-state index in [9.17, 15) is 47.9 Å². The first-order chi connectivity index (χ1) is 43.4. The Hall–Kier alpha value is -7.60. The maximum atomic E-state index is 15.2. The van der Waals surface area contributed by atoms with Crippen molar-refractivity contribution in [2.75, 3.05) is 76.0 Å². The number of fused-ring (bicyclic) bond motifs is 1. The smallest absolute Gasteiger partial charge is 0.246 e. The number of H-pyrrole nitrogens is 1. The lowest BCUT2D eigenvalue weighted by molar-refractivity contribution is -0.153. The Labute approximate surface area is 552 Å². The van der Waals surface area contributed by atoms with Gasteiger partial charge in [0, 0.05) is 79.9 Å². The van der Waals surface area contributed by atoms with Crippen molar-refractivity contribution in [3.63, 3.8) is 0 Å². The number of aromatic nitrogens is 1. The topological polar surface area (TPSA) is 295 Å². The van der Waals surface area contributed by atoms with Crippen molar-refractivity contribution in [1.82, 2.24) is 65.5 Å². The molecule has 0 bridgehead atoms. The summed E-state index contributed by atoms with van der Waals surface area (Å²) in [5.74, 6) is -11.1. The molecule has 2 heterocycles. The van der Waals surface area contributed by atoms with Crippen LogP contribution in [-0.2, 0) is 64.0 Å². The highest BCUT2D eigenvalue weighted by Crippen LogP contribution is 2.26. The average Bonchev–Trinajstić information content (AvgIpc) is 1.61. The van der Waals surface area contributed by atoms with Gasteiger partial charge in [0.05, 0.1) is 19.6 Å². The standard InChI is InChI=1S/C68H113N13O12/c1-24-30-49-63(88)79(21)55(39(7)8)60(85)70-35-52(84)77(19)57(41(11)12)68(93)81(23)59(44(15)27-4)67(92)75(17)37-51(83)72-53(38(5)6)64(89)80(22)58(43(14)26-3)66(91)74(16)36-50(82)71-48(33-45-34-69-47-32-29-28-31-46(45)47)62(87)78(20)56(40(9)10)61(86)73-54(42(13)25-2)65(90)76(49)18/h28-29,31-32,34,38-44,48-49,53-59,69H,24-27,30,33,35-37H2,1-23H3,(H,70,85)(H,71,82)(H,72,83)(H,73,86)/t42?,43?,44?,48-,49-,53-,54-,55-,56-,57-,58-,59-/m0/s1. The van der Waals surface area contributed by atoms with Crippen LogP contribution in [0.15, 0.2) is 30.5 Å². The van der Waals surface area contributed by atoms with Crippen LogP contribution < -0.4 is 21.3 Å². The fourth-order valence-corrected chi connectivity index (χ4v) is 12.6. The van der Waals surface area contributed by atoms with Crippen molar-refractivity contribution in [1.29, 1.82) is 0 Å². The first kappa shape index (κ1) is 79.6. The molecule has 12 atom stereocenters. The Kier molecular flexibility index (Phi) is 30.5. The molecule has 2 aromatic rings. The van der Waals surface area contributed by atoms with E-state index in [4.69, 9.17) is 0 Å². The number of para-hydroxylation sites is 1. The van der Waals surface area contributed by atoms with Crippen LogP contribution >= 0.6 is 0 Å². The highest BCUT2D eigenvalue weighted by molar-refractivity contribution is 6.00. The van der Waals surface area contributed by atoms with Gasteiger partial charge in [0.15, 0.2) is 0 Å². The summed E-state index contributed by atoms with van der Waals surface area (Å²) in [6.45, 7) is 25.0. The van der Waals surface area contributed by atoms with E-state index in [0.29, 0.717) is 31.2 Å². The third kappa shape index (κ3) is 19.7. The van der Waals surface area contributed by atoms with Crippen LogP contribution in [-0.4, -0.2) is 245 Å². The van der Waals surface area contributed by atoms with Crippen LogP contribution in [0.25, 0.3) is 10.9 Å². The summed E-state index contributed by atoms with van der Waals surface area (Å²) < 4.78 is 0. The fourth-order valence-electron chi connectivity index (χ4n) is 12.6. The van der Waals surface area contributed by atoms with Gasteiger partial charge in [0.2, 0.25) is 70.9 Å². The van der Waals surface area contributed by atoms with Gasteiger partial charge in [-0.05, 0) is 59.5 Å². The summed E-state index contributed by atoms with van der Waals surface area (Å²) in [4.78, 5) is 189. The maximum absolute atomic E-state index is 15.2. The predicted molar refractivity (Wildman–Crippen MR) is 358 cm³/mol. The first-order valence-corrected chi connectivity index (χ1v) is 33.2. The molecule has 1 aromatic heterocycles. The Morgan fingerprint density at radius 3 is 1.38 bits per heavy atom. The predicted octanol–water partition coefficient (Wildman–Crippen LogP) is 3.74. The summed E-state index contributed by atoms with van der Waals surface area (Å²) in [5, 5.41) is 12.1. The third-order valence-corrected chi connectivity index (χ3v) is 18.8. The molecule has 0 aliphatic carbocycles. The highest BCUT2D eigenvalue weighted by Gasteiger charge is 2.45.